The largest absolute Gasteiger partial charge is 0.495 e. The lowest BCUT2D eigenvalue weighted by molar-refractivity contribution is 0.1000. The second-order valence-corrected chi connectivity index (χ2v) is 6.88. The molecule has 1 heterocycles. The van der Waals surface area contributed by atoms with Gasteiger partial charge in [0.15, 0.2) is 5.96 Å². The molecule has 0 bridgehead atoms. The van der Waals surface area contributed by atoms with Crippen molar-refractivity contribution in [3.8, 4) is 5.75 Å². The number of carbonyl (C=O) groups excluding carboxylic acids is 1. The minimum Gasteiger partial charge on any atom is -0.495 e. The van der Waals surface area contributed by atoms with Crippen molar-refractivity contribution in [1.29, 1.82) is 0 Å². The first-order valence-corrected chi connectivity index (χ1v) is 9.92. The number of rotatable bonds is 6. The molecule has 1 fully saturated rings. The Balaban J connectivity index is 0.00000320. The summed E-state index contributed by atoms with van der Waals surface area (Å²) in [5, 5.41) is 3.38. The van der Waals surface area contributed by atoms with E-state index in [1.807, 2.05) is 30.3 Å². The SMILES string of the molecule is CCNC(=NCc1cccc(C(N)=O)c1)N1CCN(c2ccccc2OC)CC1.I. The van der Waals surface area contributed by atoms with Crippen molar-refractivity contribution in [1.82, 2.24) is 10.2 Å². The molecule has 0 spiro atoms. The van der Waals surface area contributed by atoms with Gasteiger partial charge in [0.1, 0.15) is 5.75 Å². The van der Waals surface area contributed by atoms with Crippen LogP contribution < -0.4 is 20.7 Å². The maximum atomic E-state index is 11.4. The summed E-state index contributed by atoms with van der Waals surface area (Å²) in [6, 6.07) is 15.4. The zero-order valence-electron chi connectivity index (χ0n) is 17.5. The topological polar surface area (TPSA) is 83.2 Å². The smallest absolute Gasteiger partial charge is 0.248 e. The van der Waals surface area contributed by atoms with E-state index in [0.717, 1.165) is 55.7 Å². The standard InChI is InChI=1S/C22H29N5O2.HI/c1-3-24-22(25-16-17-7-6-8-18(15-17)21(23)28)27-13-11-26(12-14-27)19-9-4-5-10-20(19)29-2;/h4-10,15H,3,11-14,16H2,1-2H3,(H2,23,28)(H,24,25);1H. The molecule has 7 nitrogen and oxygen atoms in total. The highest BCUT2D eigenvalue weighted by Crippen LogP contribution is 2.28. The summed E-state index contributed by atoms with van der Waals surface area (Å²) in [7, 11) is 1.71. The van der Waals surface area contributed by atoms with Crippen molar-refractivity contribution < 1.29 is 9.53 Å². The molecule has 8 heteroatoms. The Morgan fingerprint density at radius 1 is 1.13 bits per heavy atom. The molecule has 2 aromatic rings. The van der Waals surface area contributed by atoms with Crippen LogP contribution in [0.25, 0.3) is 0 Å². The van der Waals surface area contributed by atoms with Gasteiger partial charge in [0, 0.05) is 38.3 Å². The van der Waals surface area contributed by atoms with Crippen LogP contribution in [0.15, 0.2) is 53.5 Å². The molecule has 1 aliphatic rings. The molecule has 0 aromatic heterocycles. The van der Waals surface area contributed by atoms with Crippen LogP contribution in [0.3, 0.4) is 0 Å². The number of nitrogens with one attached hydrogen (secondary N) is 1. The second-order valence-electron chi connectivity index (χ2n) is 6.88. The summed E-state index contributed by atoms with van der Waals surface area (Å²) in [6.45, 7) is 6.87. The fourth-order valence-electron chi connectivity index (χ4n) is 3.47. The number of piperazine rings is 1. The zero-order chi connectivity index (χ0) is 20.6. The molecule has 1 amide bonds. The van der Waals surface area contributed by atoms with Gasteiger partial charge >= 0.3 is 0 Å². The molecule has 0 saturated carbocycles. The Labute approximate surface area is 195 Å². The molecule has 3 N–H and O–H groups in total. The van der Waals surface area contributed by atoms with Gasteiger partial charge < -0.3 is 25.6 Å². The predicted molar refractivity (Wildman–Crippen MR) is 132 cm³/mol. The molecule has 0 radical (unpaired) electrons. The molecular formula is C22H30IN5O2. The Morgan fingerprint density at radius 3 is 2.53 bits per heavy atom. The van der Waals surface area contributed by atoms with E-state index < -0.39 is 5.91 Å². The minimum atomic E-state index is -0.421. The van der Waals surface area contributed by atoms with E-state index in [4.69, 9.17) is 15.5 Å². The number of halogens is 1. The first kappa shape index (κ1) is 23.8. The minimum absolute atomic E-state index is 0. The highest BCUT2D eigenvalue weighted by atomic mass is 127. The normalized spacial score (nSPS) is 14.1. The van der Waals surface area contributed by atoms with E-state index in [1.54, 1.807) is 19.2 Å². The molecular weight excluding hydrogens is 493 g/mol. The number of guanidine groups is 1. The van der Waals surface area contributed by atoms with Gasteiger partial charge in [-0.05, 0) is 36.8 Å². The van der Waals surface area contributed by atoms with Gasteiger partial charge in [-0.3, -0.25) is 4.79 Å². The highest BCUT2D eigenvalue weighted by Gasteiger charge is 2.21. The molecule has 30 heavy (non-hydrogen) atoms. The lowest BCUT2D eigenvalue weighted by Gasteiger charge is -2.38. The van der Waals surface area contributed by atoms with Crippen molar-refractivity contribution in [2.75, 3.05) is 44.7 Å². The van der Waals surface area contributed by atoms with Crippen LogP contribution in [0.1, 0.15) is 22.8 Å². The summed E-state index contributed by atoms with van der Waals surface area (Å²) in [6.07, 6.45) is 0. The van der Waals surface area contributed by atoms with E-state index in [2.05, 4.69) is 28.1 Å². The number of methoxy groups -OCH3 is 1. The zero-order valence-corrected chi connectivity index (χ0v) is 19.8. The second kappa shape index (κ2) is 11.6. The van der Waals surface area contributed by atoms with E-state index in [1.165, 1.54) is 0 Å². The molecule has 1 aliphatic heterocycles. The van der Waals surface area contributed by atoms with Crippen LogP contribution >= 0.6 is 24.0 Å². The lowest BCUT2D eigenvalue weighted by atomic mass is 10.1. The molecule has 162 valence electrons. The molecule has 3 rings (SSSR count). The summed E-state index contributed by atoms with van der Waals surface area (Å²) in [5.41, 5.74) is 7.97. The van der Waals surface area contributed by atoms with E-state index in [0.29, 0.717) is 12.1 Å². The van der Waals surface area contributed by atoms with Gasteiger partial charge in [0.2, 0.25) is 5.91 Å². The third-order valence-corrected chi connectivity index (χ3v) is 4.96. The Hall–Kier alpha value is -2.49. The van der Waals surface area contributed by atoms with Gasteiger partial charge in [-0.25, -0.2) is 4.99 Å². The quantitative estimate of drug-likeness (QED) is 0.346. The van der Waals surface area contributed by atoms with E-state index in [-0.39, 0.29) is 24.0 Å². The van der Waals surface area contributed by atoms with Crippen molar-refractivity contribution in [3.63, 3.8) is 0 Å². The van der Waals surface area contributed by atoms with Gasteiger partial charge in [-0.1, -0.05) is 24.3 Å². The Morgan fingerprint density at radius 2 is 1.87 bits per heavy atom. The van der Waals surface area contributed by atoms with Crippen LogP contribution in [0.5, 0.6) is 5.75 Å². The number of aliphatic imine (C=N–C) groups is 1. The Bertz CT molecular complexity index is 866. The summed E-state index contributed by atoms with van der Waals surface area (Å²) in [4.78, 5) is 20.8. The third kappa shape index (κ3) is 6.01. The maximum Gasteiger partial charge on any atom is 0.248 e. The number of primary amides is 1. The number of para-hydroxylation sites is 2. The fraction of sp³-hybridized carbons (Fsp3) is 0.364. The van der Waals surface area contributed by atoms with Crippen LogP contribution in [0.2, 0.25) is 0 Å². The summed E-state index contributed by atoms with van der Waals surface area (Å²) in [5.74, 6) is 1.36. The number of carbonyl (C=O) groups is 1. The van der Waals surface area contributed by atoms with Crippen LogP contribution in [-0.2, 0) is 6.54 Å². The first-order valence-electron chi connectivity index (χ1n) is 9.92. The van der Waals surface area contributed by atoms with Crippen molar-refractivity contribution in [2.24, 2.45) is 10.7 Å². The first-order chi connectivity index (χ1) is 14.1. The van der Waals surface area contributed by atoms with Crippen LogP contribution in [-0.4, -0.2) is 56.6 Å². The van der Waals surface area contributed by atoms with Gasteiger partial charge in [-0.2, -0.15) is 0 Å². The fourth-order valence-corrected chi connectivity index (χ4v) is 3.47. The summed E-state index contributed by atoms with van der Waals surface area (Å²) < 4.78 is 5.50. The number of hydrogen-bond acceptors (Lipinski definition) is 4. The number of hydrogen-bond donors (Lipinski definition) is 2. The Kier molecular flexibility index (Phi) is 9.22. The molecule has 2 aromatic carbocycles. The van der Waals surface area contributed by atoms with E-state index >= 15 is 0 Å². The van der Waals surface area contributed by atoms with Crippen LogP contribution in [0.4, 0.5) is 5.69 Å². The van der Waals surface area contributed by atoms with Crippen LogP contribution in [0, 0.1) is 0 Å². The maximum absolute atomic E-state index is 11.4. The molecule has 0 atom stereocenters. The number of ether oxygens (including phenoxy) is 1. The molecule has 0 unspecified atom stereocenters. The number of nitrogens with two attached hydrogens (primary N) is 1. The number of nitrogens with zero attached hydrogens (tertiary/aromatic N) is 3. The van der Waals surface area contributed by atoms with Gasteiger partial charge in [0.05, 0.1) is 19.3 Å². The summed E-state index contributed by atoms with van der Waals surface area (Å²) >= 11 is 0. The van der Waals surface area contributed by atoms with Crippen molar-refractivity contribution >= 4 is 41.5 Å². The number of benzene rings is 2. The average molecular weight is 523 g/mol. The van der Waals surface area contributed by atoms with Gasteiger partial charge in [0.25, 0.3) is 0 Å². The van der Waals surface area contributed by atoms with Crippen molar-refractivity contribution in [3.05, 3.63) is 59.7 Å². The van der Waals surface area contributed by atoms with Gasteiger partial charge in [-0.15, -0.1) is 24.0 Å². The number of anilines is 1. The molecule has 1 saturated heterocycles. The lowest BCUT2D eigenvalue weighted by Crippen LogP contribution is -2.52. The third-order valence-electron chi connectivity index (χ3n) is 4.96. The van der Waals surface area contributed by atoms with Crippen molar-refractivity contribution in [2.45, 2.75) is 13.5 Å². The van der Waals surface area contributed by atoms with E-state index in [9.17, 15) is 4.79 Å². The monoisotopic (exact) mass is 523 g/mol. The number of amides is 1. The predicted octanol–water partition coefficient (Wildman–Crippen LogP) is 2.70. The highest BCUT2D eigenvalue weighted by molar-refractivity contribution is 14.0. The molecule has 0 aliphatic carbocycles. The average Bonchev–Trinajstić information content (AvgIpc) is 2.77.